The average Bonchev–Trinajstić information content (AvgIpc) is 2.86. The van der Waals surface area contributed by atoms with Crippen LogP contribution >= 0.6 is 0 Å². The Morgan fingerprint density at radius 2 is 1.38 bits per heavy atom. The monoisotopic (exact) mass is 424 g/mol. The topological polar surface area (TPSA) is 20.2 Å². The van der Waals surface area contributed by atoms with Crippen molar-refractivity contribution < 1.29 is 5.11 Å². The Morgan fingerprint density at radius 3 is 1.88 bits per heavy atom. The van der Waals surface area contributed by atoms with Crippen LogP contribution in [0, 0.1) is 5.41 Å². The van der Waals surface area contributed by atoms with Gasteiger partial charge in [0.25, 0.3) is 0 Å². The summed E-state index contributed by atoms with van der Waals surface area (Å²) in [4.78, 5) is 0. The van der Waals surface area contributed by atoms with E-state index in [1.54, 1.807) is 0 Å². The molecule has 0 fully saturated rings. The highest BCUT2D eigenvalue weighted by atomic mass is 16.3. The lowest BCUT2D eigenvalue weighted by atomic mass is 9.80. The zero-order valence-electron chi connectivity index (χ0n) is 19.5. The first-order chi connectivity index (χ1) is 15.6. The van der Waals surface area contributed by atoms with Crippen molar-refractivity contribution in [1.82, 2.24) is 0 Å². The van der Waals surface area contributed by atoms with Gasteiger partial charge in [-0.25, -0.2) is 0 Å². The van der Waals surface area contributed by atoms with Crippen molar-refractivity contribution in [2.45, 2.75) is 45.4 Å². The van der Waals surface area contributed by atoms with Gasteiger partial charge in [-0.3, -0.25) is 0 Å². The van der Waals surface area contributed by atoms with Crippen LogP contribution in [0.4, 0.5) is 0 Å². The lowest BCUT2D eigenvalue weighted by Crippen LogP contribution is -2.12. The summed E-state index contributed by atoms with van der Waals surface area (Å²) in [6, 6.07) is 31.7. The molecule has 2 atom stereocenters. The van der Waals surface area contributed by atoms with Gasteiger partial charge in [0.2, 0.25) is 0 Å². The number of allylic oxidation sites excluding steroid dienone is 3. The average molecular weight is 425 g/mol. The third kappa shape index (κ3) is 6.80. The Bertz CT molecular complexity index is 931. The van der Waals surface area contributed by atoms with Crippen LogP contribution in [-0.4, -0.2) is 11.7 Å². The minimum atomic E-state index is -0.0618. The minimum absolute atomic E-state index is 0.0618. The van der Waals surface area contributed by atoms with E-state index in [0.29, 0.717) is 0 Å². The first-order valence-electron chi connectivity index (χ1n) is 11.8. The van der Waals surface area contributed by atoms with E-state index in [1.807, 2.05) is 18.2 Å². The van der Waals surface area contributed by atoms with Crippen molar-refractivity contribution in [2.75, 3.05) is 6.61 Å². The summed E-state index contributed by atoms with van der Waals surface area (Å²) in [7, 11) is 0. The quantitative estimate of drug-likeness (QED) is 0.309. The van der Waals surface area contributed by atoms with Gasteiger partial charge < -0.3 is 5.11 Å². The lowest BCUT2D eigenvalue weighted by molar-refractivity contribution is 0.265. The highest BCUT2D eigenvalue weighted by Crippen LogP contribution is 2.35. The SMILES string of the molecule is CCCC[C@@](C)(C=C(c1ccccc1)c1ccccc1)/C=C/C[C@H](CO)c1ccccc1. The smallest absolute Gasteiger partial charge is 0.0502 e. The second-order valence-electron chi connectivity index (χ2n) is 8.83. The fourth-order valence-electron chi connectivity index (χ4n) is 4.20. The van der Waals surface area contributed by atoms with Crippen molar-refractivity contribution in [3.63, 3.8) is 0 Å². The zero-order valence-corrected chi connectivity index (χ0v) is 19.5. The molecule has 0 aliphatic rings. The van der Waals surface area contributed by atoms with Crippen LogP contribution in [0.2, 0.25) is 0 Å². The van der Waals surface area contributed by atoms with Crippen molar-refractivity contribution in [2.24, 2.45) is 5.41 Å². The number of hydrogen-bond donors (Lipinski definition) is 1. The lowest BCUT2D eigenvalue weighted by Gasteiger charge is -2.25. The molecule has 3 rings (SSSR count). The number of benzene rings is 3. The van der Waals surface area contributed by atoms with Gasteiger partial charge in [-0.05, 0) is 35.1 Å². The Labute approximate surface area is 194 Å². The van der Waals surface area contributed by atoms with Crippen LogP contribution in [0.25, 0.3) is 5.57 Å². The number of unbranched alkanes of at least 4 members (excludes halogenated alkanes) is 1. The van der Waals surface area contributed by atoms with Crippen LogP contribution in [-0.2, 0) is 0 Å². The van der Waals surface area contributed by atoms with Crippen LogP contribution in [0.3, 0.4) is 0 Å². The molecule has 0 heterocycles. The van der Waals surface area contributed by atoms with Gasteiger partial charge >= 0.3 is 0 Å². The fraction of sp³-hybridized carbons (Fsp3) is 0.290. The van der Waals surface area contributed by atoms with Gasteiger partial charge in [0.05, 0.1) is 6.61 Å². The molecule has 32 heavy (non-hydrogen) atoms. The fourth-order valence-corrected chi connectivity index (χ4v) is 4.20. The van der Waals surface area contributed by atoms with E-state index in [4.69, 9.17) is 0 Å². The van der Waals surface area contributed by atoms with E-state index in [-0.39, 0.29) is 17.9 Å². The second kappa shape index (κ2) is 12.2. The predicted octanol–water partition coefficient (Wildman–Crippen LogP) is 8.04. The van der Waals surface area contributed by atoms with E-state index < -0.39 is 0 Å². The van der Waals surface area contributed by atoms with Crippen molar-refractivity contribution in [1.29, 1.82) is 0 Å². The van der Waals surface area contributed by atoms with Crippen molar-refractivity contribution in [3.8, 4) is 0 Å². The minimum Gasteiger partial charge on any atom is -0.396 e. The summed E-state index contributed by atoms with van der Waals surface area (Å²) in [5.74, 6) is 0.134. The first-order valence-corrected chi connectivity index (χ1v) is 11.8. The van der Waals surface area contributed by atoms with Crippen LogP contribution in [0.15, 0.2) is 109 Å². The molecule has 0 saturated heterocycles. The molecule has 0 bridgehead atoms. The third-order valence-corrected chi connectivity index (χ3v) is 6.12. The summed E-state index contributed by atoms with van der Waals surface area (Å²) >= 11 is 0. The number of rotatable bonds is 11. The number of aliphatic hydroxyl groups is 1. The van der Waals surface area contributed by atoms with E-state index in [0.717, 1.165) is 12.8 Å². The molecule has 166 valence electrons. The summed E-state index contributed by atoms with van der Waals surface area (Å²) in [5, 5.41) is 9.95. The Kier molecular flexibility index (Phi) is 9.07. The standard InChI is InChI=1S/C31H36O/c1-3-4-22-31(2,23-14-21-29(25-32)26-15-8-5-9-16-26)24-30(27-17-10-6-11-18-27)28-19-12-7-13-20-28/h5-20,23-24,29,32H,3-4,21-22,25H2,1-2H3/b23-14+/t29-,31-/m1/s1. The highest BCUT2D eigenvalue weighted by molar-refractivity contribution is 5.80. The van der Waals surface area contributed by atoms with E-state index in [2.05, 4.69) is 105 Å². The number of aliphatic hydroxyl groups excluding tert-OH is 1. The van der Waals surface area contributed by atoms with Gasteiger partial charge in [-0.2, -0.15) is 0 Å². The van der Waals surface area contributed by atoms with Gasteiger partial charge in [-0.1, -0.05) is 136 Å². The maximum Gasteiger partial charge on any atom is 0.0502 e. The molecular formula is C31H36O. The highest BCUT2D eigenvalue weighted by Gasteiger charge is 2.20. The Morgan fingerprint density at radius 1 is 0.844 bits per heavy atom. The largest absolute Gasteiger partial charge is 0.396 e. The maximum absolute atomic E-state index is 9.95. The number of hydrogen-bond acceptors (Lipinski definition) is 1. The molecule has 0 saturated carbocycles. The zero-order chi connectivity index (χ0) is 22.7. The molecule has 3 aromatic carbocycles. The summed E-state index contributed by atoms with van der Waals surface area (Å²) in [5.41, 5.74) is 4.89. The van der Waals surface area contributed by atoms with E-state index >= 15 is 0 Å². The molecule has 1 nitrogen and oxygen atoms in total. The van der Waals surface area contributed by atoms with Crippen LogP contribution in [0.1, 0.15) is 62.1 Å². The predicted molar refractivity (Wildman–Crippen MR) is 138 cm³/mol. The molecule has 0 unspecified atom stereocenters. The van der Waals surface area contributed by atoms with Crippen molar-refractivity contribution >= 4 is 5.57 Å². The molecule has 1 N–H and O–H groups in total. The summed E-state index contributed by atoms with van der Waals surface area (Å²) in [6.07, 6.45) is 11.4. The third-order valence-electron chi connectivity index (χ3n) is 6.12. The molecule has 1 heteroatoms. The Balaban J connectivity index is 1.93. The summed E-state index contributed by atoms with van der Waals surface area (Å²) < 4.78 is 0. The summed E-state index contributed by atoms with van der Waals surface area (Å²) in [6.45, 7) is 4.75. The van der Waals surface area contributed by atoms with Gasteiger partial charge in [0, 0.05) is 11.3 Å². The van der Waals surface area contributed by atoms with Gasteiger partial charge in [0.15, 0.2) is 0 Å². The molecule has 3 aromatic rings. The second-order valence-corrected chi connectivity index (χ2v) is 8.83. The van der Waals surface area contributed by atoms with Crippen LogP contribution < -0.4 is 0 Å². The van der Waals surface area contributed by atoms with E-state index in [1.165, 1.54) is 35.1 Å². The molecule has 0 aliphatic heterocycles. The first kappa shape index (κ1) is 23.8. The molecular weight excluding hydrogens is 388 g/mol. The molecule has 0 aromatic heterocycles. The van der Waals surface area contributed by atoms with Crippen molar-refractivity contribution in [3.05, 3.63) is 126 Å². The molecule has 0 aliphatic carbocycles. The maximum atomic E-state index is 9.95. The normalized spacial score (nSPS) is 14.1. The molecule has 0 radical (unpaired) electrons. The molecule has 0 amide bonds. The van der Waals surface area contributed by atoms with Gasteiger partial charge in [0.1, 0.15) is 0 Å². The Hall–Kier alpha value is -2.90. The van der Waals surface area contributed by atoms with Crippen LogP contribution in [0.5, 0.6) is 0 Å². The van der Waals surface area contributed by atoms with Gasteiger partial charge in [-0.15, -0.1) is 0 Å². The molecule has 0 spiro atoms. The van der Waals surface area contributed by atoms with E-state index in [9.17, 15) is 5.11 Å².